The quantitative estimate of drug-likeness (QED) is 0.193. The number of rotatable bonds is 4. The summed E-state index contributed by atoms with van der Waals surface area (Å²) in [5.74, 6) is 0.671. The number of hydrogen-bond acceptors (Lipinski definition) is 4. The van der Waals surface area contributed by atoms with E-state index in [4.69, 9.17) is 15.0 Å². The predicted molar refractivity (Wildman–Crippen MR) is 189 cm³/mol. The molecular weight excluding hydrogens is 560 g/mol. The predicted octanol–water partition coefficient (Wildman–Crippen LogP) is 10.5. The maximum Gasteiger partial charge on any atom is 0.160 e. The Labute approximate surface area is 265 Å². The zero-order valence-corrected chi connectivity index (χ0v) is 24.8. The van der Waals surface area contributed by atoms with Gasteiger partial charge in [0.05, 0.1) is 22.4 Å². The Morgan fingerprint density at radius 1 is 0.370 bits per heavy atom. The van der Waals surface area contributed by atoms with Crippen LogP contribution in [-0.4, -0.2) is 19.9 Å². The van der Waals surface area contributed by atoms with Crippen molar-refractivity contribution >= 4 is 43.4 Å². The van der Waals surface area contributed by atoms with Gasteiger partial charge in [-0.15, -0.1) is 0 Å². The van der Waals surface area contributed by atoms with Crippen molar-refractivity contribution in [2.75, 3.05) is 0 Å². The minimum Gasteiger partial charge on any atom is -0.254 e. The molecule has 9 aromatic rings. The summed E-state index contributed by atoms with van der Waals surface area (Å²) in [4.78, 5) is 19.9. The van der Waals surface area contributed by atoms with E-state index >= 15 is 0 Å². The van der Waals surface area contributed by atoms with E-state index < -0.39 is 0 Å². The average Bonchev–Trinajstić information content (AvgIpc) is 3.14. The summed E-state index contributed by atoms with van der Waals surface area (Å²) in [6, 6.07) is 50.8. The highest BCUT2D eigenvalue weighted by Gasteiger charge is 2.16. The van der Waals surface area contributed by atoms with E-state index in [2.05, 4.69) is 138 Å². The van der Waals surface area contributed by atoms with E-state index in [1.54, 1.807) is 0 Å². The maximum atomic E-state index is 5.22. The van der Waals surface area contributed by atoms with Crippen molar-refractivity contribution in [2.24, 2.45) is 0 Å². The van der Waals surface area contributed by atoms with E-state index in [0.29, 0.717) is 5.82 Å². The molecule has 0 N–H and O–H groups in total. The standard InChI is InChI=1S/C42H26N4/c1-2-9-27(10-3-1)28-16-19-30(20-17-28)42-45-38(33-23-32-21-18-29-12-8-22-43-40(29)41(32)44-26-33)25-39(46-42)37-24-31-11-4-5-13-34(31)35-14-6-7-15-36(35)37/h1-26H. The summed E-state index contributed by atoms with van der Waals surface area (Å²) in [5.41, 5.74) is 8.76. The van der Waals surface area contributed by atoms with Gasteiger partial charge in [0.1, 0.15) is 0 Å². The normalized spacial score (nSPS) is 11.5. The van der Waals surface area contributed by atoms with Crippen molar-refractivity contribution in [1.29, 1.82) is 0 Å². The summed E-state index contributed by atoms with van der Waals surface area (Å²) in [6.07, 6.45) is 3.72. The van der Waals surface area contributed by atoms with E-state index in [0.717, 1.165) is 60.8 Å². The van der Waals surface area contributed by atoms with Gasteiger partial charge in [-0.1, -0.05) is 121 Å². The van der Waals surface area contributed by atoms with Crippen LogP contribution in [0.5, 0.6) is 0 Å². The number of nitrogens with zero attached hydrogens (tertiary/aromatic N) is 4. The van der Waals surface area contributed by atoms with Gasteiger partial charge >= 0.3 is 0 Å². The van der Waals surface area contributed by atoms with E-state index in [-0.39, 0.29) is 0 Å². The lowest BCUT2D eigenvalue weighted by atomic mass is 9.95. The van der Waals surface area contributed by atoms with Gasteiger partial charge in [-0.05, 0) is 56.9 Å². The fourth-order valence-corrected chi connectivity index (χ4v) is 6.45. The molecule has 0 aliphatic heterocycles. The smallest absolute Gasteiger partial charge is 0.160 e. The molecule has 3 heterocycles. The van der Waals surface area contributed by atoms with Crippen molar-refractivity contribution in [3.8, 4) is 45.0 Å². The van der Waals surface area contributed by atoms with Gasteiger partial charge in [0, 0.05) is 39.9 Å². The SMILES string of the molecule is c1ccc(-c2ccc(-c3nc(-c4cnc5c(ccc6cccnc65)c4)cc(-c4cc5ccccc5c5ccccc45)n3)cc2)cc1. The van der Waals surface area contributed by atoms with Crippen LogP contribution in [0.4, 0.5) is 0 Å². The second kappa shape index (κ2) is 10.7. The van der Waals surface area contributed by atoms with Crippen molar-refractivity contribution in [2.45, 2.75) is 0 Å². The molecule has 0 radical (unpaired) electrons. The number of aromatic nitrogens is 4. The first-order chi connectivity index (χ1) is 22.8. The lowest BCUT2D eigenvalue weighted by molar-refractivity contribution is 1.18. The number of benzene rings is 6. The molecule has 0 amide bonds. The summed E-state index contributed by atoms with van der Waals surface area (Å²) in [6.45, 7) is 0. The molecule has 0 atom stereocenters. The van der Waals surface area contributed by atoms with E-state index in [1.165, 1.54) is 21.7 Å². The number of fused-ring (bicyclic) bond motifs is 6. The highest BCUT2D eigenvalue weighted by atomic mass is 14.9. The van der Waals surface area contributed by atoms with Crippen LogP contribution < -0.4 is 0 Å². The third-order valence-electron chi connectivity index (χ3n) is 8.74. The first kappa shape index (κ1) is 26.2. The summed E-state index contributed by atoms with van der Waals surface area (Å²) >= 11 is 0. The van der Waals surface area contributed by atoms with Crippen LogP contribution in [0.3, 0.4) is 0 Å². The zero-order chi connectivity index (χ0) is 30.5. The Kier molecular flexibility index (Phi) is 6.10. The summed E-state index contributed by atoms with van der Waals surface area (Å²) < 4.78 is 0. The Bertz CT molecular complexity index is 2570. The second-order valence-corrected chi connectivity index (χ2v) is 11.5. The zero-order valence-electron chi connectivity index (χ0n) is 24.8. The van der Waals surface area contributed by atoms with Crippen LogP contribution in [-0.2, 0) is 0 Å². The molecule has 0 aliphatic rings. The topological polar surface area (TPSA) is 51.6 Å². The van der Waals surface area contributed by atoms with Gasteiger partial charge in [-0.2, -0.15) is 0 Å². The average molecular weight is 587 g/mol. The van der Waals surface area contributed by atoms with Crippen molar-refractivity contribution in [3.63, 3.8) is 0 Å². The van der Waals surface area contributed by atoms with Gasteiger partial charge in [0.15, 0.2) is 5.82 Å². The molecule has 0 bridgehead atoms. The molecule has 0 spiro atoms. The van der Waals surface area contributed by atoms with Gasteiger partial charge in [0.2, 0.25) is 0 Å². The molecule has 3 aromatic heterocycles. The van der Waals surface area contributed by atoms with E-state index in [1.807, 2.05) is 24.5 Å². The first-order valence-electron chi connectivity index (χ1n) is 15.4. The van der Waals surface area contributed by atoms with Crippen molar-refractivity contribution in [1.82, 2.24) is 19.9 Å². The molecule has 0 saturated heterocycles. The Morgan fingerprint density at radius 3 is 1.89 bits per heavy atom. The molecule has 6 aromatic carbocycles. The van der Waals surface area contributed by atoms with Crippen molar-refractivity contribution < 1.29 is 0 Å². The maximum absolute atomic E-state index is 5.22. The fourth-order valence-electron chi connectivity index (χ4n) is 6.45. The summed E-state index contributed by atoms with van der Waals surface area (Å²) in [5, 5.41) is 6.86. The molecule has 9 rings (SSSR count). The minimum absolute atomic E-state index is 0.671. The van der Waals surface area contributed by atoms with Crippen LogP contribution in [0.2, 0.25) is 0 Å². The molecular formula is C42H26N4. The van der Waals surface area contributed by atoms with Gasteiger partial charge < -0.3 is 0 Å². The first-order valence-corrected chi connectivity index (χ1v) is 15.4. The van der Waals surface area contributed by atoms with Gasteiger partial charge in [0.25, 0.3) is 0 Å². The number of hydrogen-bond donors (Lipinski definition) is 0. The monoisotopic (exact) mass is 586 g/mol. The molecule has 4 nitrogen and oxygen atoms in total. The molecule has 0 saturated carbocycles. The highest BCUT2D eigenvalue weighted by Crippen LogP contribution is 2.37. The third kappa shape index (κ3) is 4.47. The van der Waals surface area contributed by atoms with Crippen LogP contribution in [0.1, 0.15) is 0 Å². The van der Waals surface area contributed by atoms with Crippen LogP contribution in [0.15, 0.2) is 158 Å². The van der Waals surface area contributed by atoms with E-state index in [9.17, 15) is 0 Å². The third-order valence-corrected chi connectivity index (χ3v) is 8.74. The number of pyridine rings is 2. The molecule has 4 heteroatoms. The Morgan fingerprint density at radius 2 is 1.02 bits per heavy atom. The highest BCUT2D eigenvalue weighted by molar-refractivity contribution is 6.13. The fraction of sp³-hybridized carbons (Fsp3) is 0. The van der Waals surface area contributed by atoms with Gasteiger partial charge in [-0.3, -0.25) is 9.97 Å². The molecule has 0 unspecified atom stereocenters. The molecule has 0 fully saturated rings. The largest absolute Gasteiger partial charge is 0.254 e. The minimum atomic E-state index is 0.671. The summed E-state index contributed by atoms with van der Waals surface area (Å²) in [7, 11) is 0. The lowest BCUT2D eigenvalue weighted by Gasteiger charge is -2.14. The second-order valence-electron chi connectivity index (χ2n) is 11.5. The Balaban J connectivity index is 1.26. The molecule has 214 valence electrons. The van der Waals surface area contributed by atoms with Gasteiger partial charge in [-0.25, -0.2) is 9.97 Å². The van der Waals surface area contributed by atoms with Crippen LogP contribution >= 0.6 is 0 Å². The molecule has 46 heavy (non-hydrogen) atoms. The molecule has 0 aliphatic carbocycles. The lowest BCUT2D eigenvalue weighted by Crippen LogP contribution is -1.97. The van der Waals surface area contributed by atoms with Crippen LogP contribution in [0.25, 0.3) is 88.4 Å². The van der Waals surface area contributed by atoms with Crippen molar-refractivity contribution in [3.05, 3.63) is 158 Å². The van der Waals surface area contributed by atoms with Crippen LogP contribution in [0, 0.1) is 0 Å². The Hall–Kier alpha value is -6.26.